The molecule has 0 amide bonds. The minimum Gasteiger partial charge on any atom is -0.406 e. The molecule has 2 aromatic rings. The average Bonchev–Trinajstić information content (AvgIpc) is 2.97. The largest absolute Gasteiger partial charge is 0.573 e. The van der Waals surface area contributed by atoms with Crippen LogP contribution in [0.15, 0.2) is 35.3 Å². The van der Waals surface area contributed by atoms with Gasteiger partial charge in [-0.1, -0.05) is 18.5 Å². The van der Waals surface area contributed by atoms with Gasteiger partial charge in [0.05, 0.1) is 50.5 Å². The van der Waals surface area contributed by atoms with Crippen LogP contribution in [0.4, 0.5) is 24.5 Å². The lowest BCUT2D eigenvalue weighted by molar-refractivity contribution is -0.274. The zero-order valence-electron chi connectivity index (χ0n) is 23.7. The molecule has 13 heteroatoms. The lowest BCUT2D eigenvalue weighted by Gasteiger charge is -2.40. The Bertz CT molecular complexity index is 1220. The molecule has 0 spiro atoms. The third-order valence-corrected chi connectivity index (χ3v) is 8.52. The summed E-state index contributed by atoms with van der Waals surface area (Å²) < 4.78 is 60.7. The topological polar surface area (TPSA) is 87.1 Å². The number of nitrogens with zero attached hydrogens (tertiary/aromatic N) is 3. The number of rotatable bonds is 9. The van der Waals surface area contributed by atoms with Crippen molar-refractivity contribution in [2.45, 2.75) is 63.6 Å². The monoisotopic (exact) mass is 614 g/mol. The van der Waals surface area contributed by atoms with Crippen LogP contribution < -0.4 is 20.5 Å². The Morgan fingerprint density at radius 1 is 1.10 bits per heavy atom. The Hall–Kier alpha value is -2.54. The summed E-state index contributed by atoms with van der Waals surface area (Å²) in [7, 11) is 0. The summed E-state index contributed by atoms with van der Waals surface area (Å²) >= 11 is 6.50. The first-order chi connectivity index (χ1) is 20.2. The van der Waals surface area contributed by atoms with Crippen molar-refractivity contribution >= 4 is 23.0 Å². The van der Waals surface area contributed by atoms with Crippen LogP contribution in [0.5, 0.6) is 5.75 Å². The predicted molar refractivity (Wildman–Crippen MR) is 152 cm³/mol. The van der Waals surface area contributed by atoms with E-state index in [2.05, 4.69) is 27.0 Å². The highest BCUT2D eigenvalue weighted by Crippen LogP contribution is 2.34. The van der Waals surface area contributed by atoms with E-state index in [0.717, 1.165) is 31.6 Å². The van der Waals surface area contributed by atoms with E-state index in [-0.39, 0.29) is 34.5 Å². The normalized spacial score (nSPS) is 26.9. The molecule has 3 heterocycles. The molecule has 0 radical (unpaired) electrons. The quantitative estimate of drug-likeness (QED) is 0.408. The van der Waals surface area contributed by atoms with Gasteiger partial charge in [-0.3, -0.25) is 4.79 Å². The minimum atomic E-state index is -4.75. The summed E-state index contributed by atoms with van der Waals surface area (Å²) in [5.74, 6) is 0.586. The maximum absolute atomic E-state index is 13.2. The lowest BCUT2D eigenvalue weighted by Crippen LogP contribution is -2.46. The molecule has 3 atom stereocenters. The number of anilines is 2. The Morgan fingerprint density at radius 3 is 2.52 bits per heavy atom. The van der Waals surface area contributed by atoms with Gasteiger partial charge >= 0.3 is 6.36 Å². The van der Waals surface area contributed by atoms with Gasteiger partial charge in [0.25, 0.3) is 5.56 Å². The number of halogens is 4. The van der Waals surface area contributed by atoms with Crippen LogP contribution in [0.1, 0.15) is 45.1 Å². The Kier molecular flexibility index (Phi) is 10.2. The molecule has 1 aromatic heterocycles. The highest BCUT2D eigenvalue weighted by atomic mass is 35.5. The number of benzene rings is 1. The number of ether oxygens (including phenoxy) is 4. The first-order valence-electron chi connectivity index (χ1n) is 14.6. The Labute approximate surface area is 248 Å². The molecule has 0 unspecified atom stereocenters. The van der Waals surface area contributed by atoms with E-state index in [1.165, 1.54) is 16.8 Å². The van der Waals surface area contributed by atoms with Gasteiger partial charge in [-0.15, -0.1) is 13.2 Å². The van der Waals surface area contributed by atoms with Gasteiger partial charge in [-0.25, -0.2) is 4.68 Å². The molecular formula is C29H38ClF3N4O5. The fraction of sp³-hybridized carbons (Fsp3) is 0.655. The third-order valence-electron chi connectivity index (χ3n) is 8.16. The van der Waals surface area contributed by atoms with Crippen LogP contribution in [-0.2, 0) is 14.2 Å². The summed E-state index contributed by atoms with van der Waals surface area (Å²) in [5, 5.41) is 7.89. The highest BCUT2D eigenvalue weighted by molar-refractivity contribution is 6.32. The molecule has 9 nitrogen and oxygen atoms in total. The predicted octanol–water partition coefficient (Wildman–Crippen LogP) is 5.29. The van der Waals surface area contributed by atoms with Crippen LogP contribution in [0.25, 0.3) is 0 Å². The molecule has 42 heavy (non-hydrogen) atoms. The van der Waals surface area contributed by atoms with Crippen LogP contribution in [0.2, 0.25) is 5.02 Å². The third kappa shape index (κ3) is 8.09. The zero-order valence-corrected chi connectivity index (χ0v) is 24.4. The Morgan fingerprint density at radius 2 is 1.86 bits per heavy atom. The van der Waals surface area contributed by atoms with Gasteiger partial charge < -0.3 is 29.2 Å². The lowest BCUT2D eigenvalue weighted by atomic mass is 9.89. The fourth-order valence-corrected chi connectivity index (χ4v) is 6.35. The van der Waals surface area contributed by atoms with E-state index < -0.39 is 6.36 Å². The summed E-state index contributed by atoms with van der Waals surface area (Å²) in [4.78, 5) is 15.4. The smallest absolute Gasteiger partial charge is 0.406 e. The molecule has 3 fully saturated rings. The SMILES string of the molecule is C[C@@H]1COC[C@@H](CNc2cnn(C3CCC(N(C[C@H]4COCCO4)c4ccc(OC(F)(F)F)cc4)CC3)c(=O)c2Cl)C1. The number of nitrogens with one attached hydrogen (secondary N) is 1. The molecule has 232 valence electrons. The van der Waals surface area contributed by atoms with Crippen molar-refractivity contribution in [3.63, 3.8) is 0 Å². The first kappa shape index (κ1) is 30.9. The number of alkyl halides is 3. The van der Waals surface area contributed by atoms with Crippen molar-refractivity contribution in [1.29, 1.82) is 0 Å². The second-order valence-corrected chi connectivity index (χ2v) is 11.8. The molecule has 5 rings (SSSR count). The van der Waals surface area contributed by atoms with Gasteiger partial charge in [0.1, 0.15) is 10.8 Å². The Balaban J connectivity index is 1.24. The van der Waals surface area contributed by atoms with E-state index in [9.17, 15) is 18.0 Å². The summed E-state index contributed by atoms with van der Waals surface area (Å²) in [6.07, 6.45) is 0.682. The molecule has 1 saturated carbocycles. The number of hydrogen-bond acceptors (Lipinski definition) is 8. The molecular weight excluding hydrogens is 577 g/mol. The van der Waals surface area contributed by atoms with E-state index in [0.29, 0.717) is 69.9 Å². The van der Waals surface area contributed by atoms with Crippen LogP contribution in [0.3, 0.4) is 0 Å². The standard InChI is InChI=1S/C29H38ClF3N4O5/c1-19-12-20(17-40-16-19)13-34-26-14-35-37(28(38)27(26)30)23-4-2-21(3-5-23)36(15-25-18-39-10-11-41-25)22-6-8-24(9-7-22)42-29(31,32)33/h6-9,14,19-21,23,25,34H,2-5,10-13,15-18H2,1H3/t19-,20+,21?,23?,25-/m0/s1. The number of aromatic nitrogens is 2. The molecule has 0 bridgehead atoms. The van der Waals surface area contributed by atoms with Crippen molar-refractivity contribution in [1.82, 2.24) is 9.78 Å². The van der Waals surface area contributed by atoms with Crippen molar-refractivity contribution in [3.05, 3.63) is 45.8 Å². The van der Waals surface area contributed by atoms with E-state index in [4.69, 9.17) is 25.8 Å². The van der Waals surface area contributed by atoms with Crippen molar-refractivity contribution < 1.29 is 32.1 Å². The molecule has 1 aliphatic carbocycles. The molecule has 2 aliphatic heterocycles. The van der Waals surface area contributed by atoms with Crippen LogP contribution in [-0.4, -0.2) is 74.4 Å². The molecule has 1 N–H and O–H groups in total. The summed E-state index contributed by atoms with van der Waals surface area (Å²) in [6, 6.07) is 5.90. The zero-order chi connectivity index (χ0) is 29.7. The van der Waals surface area contributed by atoms with Crippen molar-refractivity contribution in [2.24, 2.45) is 11.8 Å². The molecule has 2 saturated heterocycles. The molecule has 1 aromatic carbocycles. The minimum absolute atomic E-state index is 0.0911. The van der Waals surface area contributed by atoms with Crippen LogP contribution in [0, 0.1) is 11.8 Å². The summed E-state index contributed by atoms with van der Waals surface area (Å²) in [6.45, 7) is 6.31. The van der Waals surface area contributed by atoms with E-state index >= 15 is 0 Å². The second kappa shape index (κ2) is 13.8. The van der Waals surface area contributed by atoms with Gasteiger partial charge in [0.15, 0.2) is 0 Å². The van der Waals surface area contributed by atoms with Gasteiger partial charge in [0.2, 0.25) is 0 Å². The van der Waals surface area contributed by atoms with Crippen molar-refractivity contribution in [2.75, 3.05) is 56.3 Å². The van der Waals surface area contributed by atoms with Crippen LogP contribution >= 0.6 is 11.6 Å². The average molecular weight is 615 g/mol. The maximum Gasteiger partial charge on any atom is 0.573 e. The number of hydrogen-bond donors (Lipinski definition) is 1. The summed E-state index contributed by atoms with van der Waals surface area (Å²) in [5.41, 5.74) is 0.987. The second-order valence-electron chi connectivity index (χ2n) is 11.5. The van der Waals surface area contributed by atoms with Gasteiger partial charge in [-0.05, 0) is 68.2 Å². The van der Waals surface area contributed by atoms with E-state index in [1.807, 2.05) is 0 Å². The first-order valence-corrected chi connectivity index (χ1v) is 14.9. The maximum atomic E-state index is 13.2. The highest BCUT2D eigenvalue weighted by Gasteiger charge is 2.33. The van der Waals surface area contributed by atoms with Gasteiger partial charge in [0, 0.05) is 31.4 Å². The molecule has 3 aliphatic rings. The van der Waals surface area contributed by atoms with E-state index in [1.54, 1.807) is 18.3 Å². The van der Waals surface area contributed by atoms with Gasteiger partial charge in [-0.2, -0.15) is 5.10 Å². The van der Waals surface area contributed by atoms with Crippen molar-refractivity contribution in [3.8, 4) is 5.75 Å². The fourth-order valence-electron chi connectivity index (χ4n) is 6.15.